The molecule has 2 heterocycles. The number of carboxylic acids is 1. The molecule has 3 N–H and O–H groups in total. The first kappa shape index (κ1) is 44.3. The molecule has 0 saturated carbocycles. The quantitative estimate of drug-likeness (QED) is 0.199. The summed E-state index contributed by atoms with van der Waals surface area (Å²) in [5.74, 6) is -5.96. The van der Waals surface area contributed by atoms with E-state index in [1.807, 2.05) is 62.3 Å². The molecular weight excluding hydrogens is 722 g/mol. The molecule has 5 atom stereocenters. The lowest BCUT2D eigenvalue weighted by atomic mass is 9.70. The van der Waals surface area contributed by atoms with Crippen molar-refractivity contribution in [1.82, 2.24) is 15.1 Å². The van der Waals surface area contributed by atoms with Crippen LogP contribution in [-0.4, -0.2) is 120 Å². The number of carbonyl (C=O) groups excluding carboxylic acids is 4. The molecule has 0 spiro atoms. The molecule has 0 aromatic heterocycles. The molecule has 2 amide bonds. The monoisotopic (exact) mass is 781 g/mol. The Kier molecular flexibility index (Phi) is 13.8. The van der Waals surface area contributed by atoms with Gasteiger partial charge in [0.2, 0.25) is 17.6 Å². The zero-order valence-electron chi connectivity index (χ0n) is 34.4. The highest BCUT2D eigenvalue weighted by Crippen LogP contribution is 2.57. The number of likely N-dealkylation sites (N-methyl/N-ethyl adjacent to an activating group) is 2. The van der Waals surface area contributed by atoms with Crippen LogP contribution in [0.25, 0.3) is 0 Å². The number of amides is 2. The Balaban J connectivity index is 1.52. The van der Waals surface area contributed by atoms with E-state index in [-0.39, 0.29) is 24.8 Å². The third-order valence-electron chi connectivity index (χ3n) is 10.7. The Morgan fingerprint density at radius 3 is 2.09 bits per heavy atom. The standard InChI is InChI=1S/C42H59N3O11/c1-26-14-19-32(42-37(55-28(3)47)33(24-35(49)50)36(54-27(2)46)41(56-42,25-53-42)40(6,7)52)23-31(26)22-30-17-15-29(16-18-30)12-11-13-34(48)43-39(4,5)38(51)45(10)21-20-44(8)9/h14-19,23,33,36-37,52H,11-13,20-22,24-25H2,1-10H3,(H,43,48)(H,49,50)/t33-,36-,37+,41-,42-/m0/s1. The molecule has 2 aromatic carbocycles. The molecule has 2 saturated heterocycles. The third-order valence-corrected chi connectivity index (χ3v) is 10.7. The van der Waals surface area contributed by atoms with Gasteiger partial charge in [0, 0.05) is 46.0 Å². The van der Waals surface area contributed by atoms with E-state index in [0.29, 0.717) is 31.4 Å². The first-order valence-electron chi connectivity index (χ1n) is 19.0. The van der Waals surface area contributed by atoms with Gasteiger partial charge in [0.05, 0.1) is 24.5 Å². The van der Waals surface area contributed by atoms with Gasteiger partial charge in [-0.2, -0.15) is 0 Å². The minimum atomic E-state index is -1.83. The summed E-state index contributed by atoms with van der Waals surface area (Å²) in [6.07, 6.45) is -1.19. The molecule has 14 heteroatoms. The fourth-order valence-electron chi connectivity index (χ4n) is 7.66. The number of rotatable bonds is 17. The van der Waals surface area contributed by atoms with Crippen LogP contribution in [0.2, 0.25) is 0 Å². The number of fused-ring (bicyclic) bond motifs is 2. The Labute approximate surface area is 329 Å². The van der Waals surface area contributed by atoms with Crippen LogP contribution in [0.5, 0.6) is 0 Å². The number of benzene rings is 2. The average molecular weight is 782 g/mol. The summed E-state index contributed by atoms with van der Waals surface area (Å²) in [7, 11) is 5.62. The summed E-state index contributed by atoms with van der Waals surface area (Å²) in [6.45, 7) is 11.7. The molecule has 56 heavy (non-hydrogen) atoms. The zero-order valence-corrected chi connectivity index (χ0v) is 34.4. The highest BCUT2D eigenvalue weighted by Gasteiger charge is 2.74. The van der Waals surface area contributed by atoms with Crippen molar-refractivity contribution in [2.45, 2.75) is 115 Å². The molecule has 2 aromatic rings. The minimum absolute atomic E-state index is 0.146. The van der Waals surface area contributed by atoms with Gasteiger partial charge in [0.1, 0.15) is 11.6 Å². The largest absolute Gasteiger partial charge is 0.481 e. The Hall–Kier alpha value is -4.37. The summed E-state index contributed by atoms with van der Waals surface area (Å²) < 4.78 is 24.6. The van der Waals surface area contributed by atoms with Gasteiger partial charge in [-0.3, -0.25) is 24.0 Å². The summed E-state index contributed by atoms with van der Waals surface area (Å²) >= 11 is 0. The van der Waals surface area contributed by atoms with Gasteiger partial charge < -0.3 is 44.3 Å². The highest BCUT2D eigenvalue weighted by atomic mass is 16.8. The van der Waals surface area contributed by atoms with E-state index >= 15 is 0 Å². The summed E-state index contributed by atoms with van der Waals surface area (Å²) in [6, 6.07) is 13.6. The van der Waals surface area contributed by atoms with E-state index in [4.69, 9.17) is 18.9 Å². The normalized spacial score (nSPS) is 23.4. The Morgan fingerprint density at radius 1 is 0.911 bits per heavy atom. The number of carbonyl (C=O) groups is 5. The first-order valence-corrected chi connectivity index (χ1v) is 19.0. The predicted molar refractivity (Wildman–Crippen MR) is 206 cm³/mol. The number of esters is 2. The zero-order chi connectivity index (χ0) is 41.8. The van der Waals surface area contributed by atoms with Crippen molar-refractivity contribution in [2.24, 2.45) is 5.92 Å². The SMILES string of the molecule is CC(=O)O[C@@H]1[C@@H](CC(=O)O)[C@H](OC(C)=O)[C@]2(C(C)(C)O)CO[C@@]1(c1ccc(C)c(Cc3ccc(CCCC(=O)NC(C)(C)C(=O)N(C)CCN(C)C)cc3)c1)O2. The van der Waals surface area contributed by atoms with Gasteiger partial charge in [0.25, 0.3) is 0 Å². The number of carboxylic acid groups (broad SMARTS) is 1. The number of aliphatic hydroxyl groups is 1. The van der Waals surface area contributed by atoms with E-state index < -0.39 is 65.0 Å². The van der Waals surface area contributed by atoms with E-state index in [0.717, 1.165) is 28.8 Å². The van der Waals surface area contributed by atoms with Crippen molar-refractivity contribution in [3.8, 4) is 0 Å². The lowest BCUT2D eigenvalue weighted by Crippen LogP contribution is -2.70. The van der Waals surface area contributed by atoms with E-state index in [1.165, 1.54) is 27.7 Å². The maximum atomic E-state index is 12.9. The number of nitrogens with zero attached hydrogens (tertiary/aromatic N) is 2. The maximum absolute atomic E-state index is 12.9. The lowest BCUT2D eigenvalue weighted by Gasteiger charge is -2.53. The van der Waals surface area contributed by atoms with E-state index in [9.17, 15) is 34.2 Å². The first-order chi connectivity index (χ1) is 26.0. The number of hydrogen-bond donors (Lipinski definition) is 3. The average Bonchev–Trinajstić information content (AvgIpc) is 3.47. The van der Waals surface area contributed by atoms with Crippen LogP contribution < -0.4 is 5.32 Å². The van der Waals surface area contributed by atoms with Gasteiger partial charge in [-0.1, -0.05) is 36.4 Å². The Morgan fingerprint density at radius 2 is 1.52 bits per heavy atom. The smallest absolute Gasteiger partial charge is 0.303 e. The molecule has 2 aliphatic rings. The lowest BCUT2D eigenvalue weighted by molar-refractivity contribution is -0.341. The molecule has 14 nitrogen and oxygen atoms in total. The van der Waals surface area contributed by atoms with Crippen molar-refractivity contribution < 1.29 is 53.1 Å². The van der Waals surface area contributed by atoms with Crippen LogP contribution in [0.3, 0.4) is 0 Å². The Bertz CT molecular complexity index is 1770. The number of hydrogen-bond acceptors (Lipinski definition) is 11. The summed E-state index contributed by atoms with van der Waals surface area (Å²) in [5.41, 5.74) is -0.0493. The molecule has 4 rings (SSSR count). The summed E-state index contributed by atoms with van der Waals surface area (Å²) in [5, 5.41) is 24.4. The molecule has 308 valence electrons. The van der Waals surface area contributed by atoms with E-state index in [2.05, 4.69) is 5.32 Å². The van der Waals surface area contributed by atoms with E-state index in [1.54, 1.807) is 31.9 Å². The minimum Gasteiger partial charge on any atom is -0.481 e. The van der Waals surface area contributed by atoms with Gasteiger partial charge in [-0.05, 0) is 96.3 Å². The van der Waals surface area contributed by atoms with Gasteiger partial charge in [0.15, 0.2) is 11.7 Å². The second-order valence-corrected chi connectivity index (χ2v) is 16.5. The number of nitrogens with one attached hydrogen (secondary N) is 1. The number of ether oxygens (including phenoxy) is 4. The molecule has 2 fully saturated rings. The van der Waals surface area contributed by atoms with Crippen molar-refractivity contribution in [2.75, 3.05) is 40.8 Å². The molecule has 0 radical (unpaired) electrons. The molecule has 2 bridgehead atoms. The molecule has 0 aliphatic carbocycles. The second kappa shape index (κ2) is 17.4. The predicted octanol–water partition coefficient (Wildman–Crippen LogP) is 3.50. The van der Waals surface area contributed by atoms with Gasteiger partial charge in [-0.15, -0.1) is 0 Å². The van der Waals surface area contributed by atoms with Crippen molar-refractivity contribution >= 4 is 29.7 Å². The summed E-state index contributed by atoms with van der Waals surface area (Å²) in [4.78, 5) is 66.5. The van der Waals surface area contributed by atoms with Crippen LogP contribution in [0.15, 0.2) is 42.5 Å². The highest BCUT2D eigenvalue weighted by molar-refractivity contribution is 5.90. The fraction of sp³-hybridized carbons (Fsp3) is 0.595. The van der Waals surface area contributed by atoms with Crippen LogP contribution in [0, 0.1) is 12.8 Å². The van der Waals surface area contributed by atoms with Gasteiger partial charge in [-0.25, -0.2) is 0 Å². The van der Waals surface area contributed by atoms with Crippen molar-refractivity contribution in [3.05, 3.63) is 70.3 Å². The van der Waals surface area contributed by atoms with Crippen LogP contribution in [0.1, 0.15) is 88.6 Å². The van der Waals surface area contributed by atoms with Crippen LogP contribution >= 0.6 is 0 Å². The molecular formula is C42H59N3O11. The number of aliphatic carboxylic acids is 1. The fourth-order valence-corrected chi connectivity index (χ4v) is 7.66. The molecule has 0 unspecified atom stereocenters. The topological polar surface area (TPSA) is 181 Å². The third kappa shape index (κ3) is 9.95. The van der Waals surface area contributed by atoms with Crippen LogP contribution in [-0.2, 0) is 61.5 Å². The number of aryl methyl sites for hydroxylation is 2. The maximum Gasteiger partial charge on any atom is 0.303 e. The molecule has 2 aliphatic heterocycles. The van der Waals surface area contributed by atoms with Crippen molar-refractivity contribution in [3.63, 3.8) is 0 Å². The second-order valence-electron chi connectivity index (χ2n) is 16.5. The van der Waals surface area contributed by atoms with Crippen molar-refractivity contribution in [1.29, 1.82) is 0 Å². The van der Waals surface area contributed by atoms with Gasteiger partial charge >= 0.3 is 17.9 Å². The van der Waals surface area contributed by atoms with Crippen LogP contribution in [0.4, 0.5) is 0 Å².